The maximum atomic E-state index is 12.8. The first-order valence-electron chi connectivity index (χ1n) is 9.88. The molecule has 0 saturated carbocycles. The number of likely N-dealkylation sites (N-methyl/N-ethyl adjacent to an activating group) is 1. The Morgan fingerprint density at radius 2 is 1.61 bits per heavy atom. The van der Waals surface area contributed by atoms with Gasteiger partial charge >= 0.3 is 0 Å². The molecule has 28 heavy (non-hydrogen) atoms. The molecule has 5 heteroatoms. The lowest BCUT2D eigenvalue weighted by molar-refractivity contribution is 0.0773. The summed E-state index contributed by atoms with van der Waals surface area (Å²) in [4.78, 5) is 19.1. The Balaban J connectivity index is 2.48. The summed E-state index contributed by atoms with van der Waals surface area (Å²) in [7, 11) is 5.82. The van der Waals surface area contributed by atoms with E-state index in [1.54, 1.807) is 7.11 Å². The highest BCUT2D eigenvalue weighted by molar-refractivity contribution is 5.95. The normalized spacial score (nSPS) is 12.0. The summed E-state index contributed by atoms with van der Waals surface area (Å²) in [5, 5.41) is 0. The minimum Gasteiger partial charge on any atom is -0.497 e. The summed E-state index contributed by atoms with van der Waals surface area (Å²) in [6.07, 6.45) is 0. The summed E-state index contributed by atoms with van der Waals surface area (Å²) >= 11 is 0. The standard InChI is InChI=1S/C23H33N3O2/c1-7-25(8-2)23(27)19-11-9-12-20(15-19)26(18(3)17-24(4)5)21-13-10-14-22(16-21)28-6/h9-16,18H,7-8,17H2,1-6H3. The fourth-order valence-electron chi connectivity index (χ4n) is 3.51. The molecule has 2 rings (SSSR count). The van der Waals surface area contributed by atoms with Crippen molar-refractivity contribution >= 4 is 17.3 Å². The molecule has 2 aromatic rings. The zero-order valence-electron chi connectivity index (χ0n) is 18.0. The Kier molecular flexibility index (Phi) is 7.88. The predicted octanol–water partition coefficient (Wildman–Crippen LogP) is 4.27. The molecule has 0 bridgehead atoms. The monoisotopic (exact) mass is 383 g/mol. The number of rotatable bonds is 9. The lowest BCUT2D eigenvalue weighted by Crippen LogP contribution is -2.37. The molecule has 2 aromatic carbocycles. The Hall–Kier alpha value is -2.53. The molecule has 1 unspecified atom stereocenters. The van der Waals surface area contributed by atoms with E-state index in [-0.39, 0.29) is 11.9 Å². The van der Waals surface area contributed by atoms with Crippen LogP contribution >= 0.6 is 0 Å². The Morgan fingerprint density at radius 1 is 1.00 bits per heavy atom. The van der Waals surface area contributed by atoms with E-state index in [0.717, 1.165) is 23.7 Å². The van der Waals surface area contributed by atoms with Crippen molar-refractivity contribution in [1.29, 1.82) is 0 Å². The first-order chi connectivity index (χ1) is 13.4. The zero-order valence-corrected chi connectivity index (χ0v) is 18.0. The van der Waals surface area contributed by atoms with Gasteiger partial charge in [-0.2, -0.15) is 0 Å². The highest BCUT2D eigenvalue weighted by Crippen LogP contribution is 2.31. The van der Waals surface area contributed by atoms with Crippen molar-refractivity contribution in [2.45, 2.75) is 26.8 Å². The third kappa shape index (κ3) is 5.26. The van der Waals surface area contributed by atoms with E-state index >= 15 is 0 Å². The van der Waals surface area contributed by atoms with Crippen LogP contribution in [0.4, 0.5) is 11.4 Å². The van der Waals surface area contributed by atoms with Gasteiger partial charge in [-0.1, -0.05) is 12.1 Å². The van der Waals surface area contributed by atoms with Crippen LogP contribution in [0.2, 0.25) is 0 Å². The van der Waals surface area contributed by atoms with E-state index < -0.39 is 0 Å². The Morgan fingerprint density at radius 3 is 2.18 bits per heavy atom. The molecular formula is C23H33N3O2. The van der Waals surface area contributed by atoms with E-state index in [2.05, 4.69) is 43.0 Å². The summed E-state index contributed by atoms with van der Waals surface area (Å²) < 4.78 is 5.43. The van der Waals surface area contributed by atoms with E-state index in [0.29, 0.717) is 18.7 Å². The SMILES string of the molecule is CCN(CC)C(=O)c1cccc(N(c2cccc(OC)c2)C(C)CN(C)C)c1. The van der Waals surface area contributed by atoms with Gasteiger partial charge in [0.25, 0.3) is 5.91 Å². The van der Waals surface area contributed by atoms with Gasteiger partial charge < -0.3 is 19.4 Å². The number of benzene rings is 2. The first kappa shape index (κ1) is 21.8. The van der Waals surface area contributed by atoms with Crippen molar-refractivity contribution in [1.82, 2.24) is 9.80 Å². The fourth-order valence-corrected chi connectivity index (χ4v) is 3.51. The van der Waals surface area contributed by atoms with Crippen molar-refractivity contribution in [3.63, 3.8) is 0 Å². The number of carbonyl (C=O) groups is 1. The molecule has 152 valence electrons. The smallest absolute Gasteiger partial charge is 0.253 e. The molecule has 0 aliphatic rings. The van der Waals surface area contributed by atoms with Gasteiger partial charge in [0.05, 0.1) is 7.11 Å². The quantitative estimate of drug-likeness (QED) is 0.648. The third-order valence-corrected chi connectivity index (χ3v) is 4.82. The van der Waals surface area contributed by atoms with Crippen LogP contribution in [-0.2, 0) is 0 Å². The molecule has 0 aliphatic heterocycles. The van der Waals surface area contributed by atoms with Crippen LogP contribution in [0.3, 0.4) is 0 Å². The summed E-state index contributed by atoms with van der Waals surface area (Å²) in [5.41, 5.74) is 2.76. The molecule has 0 heterocycles. The van der Waals surface area contributed by atoms with Gasteiger partial charge in [-0.05, 0) is 65.2 Å². The predicted molar refractivity (Wildman–Crippen MR) is 117 cm³/mol. The average molecular weight is 384 g/mol. The Labute approximate surface area is 169 Å². The van der Waals surface area contributed by atoms with Crippen molar-refractivity contribution in [3.05, 3.63) is 54.1 Å². The van der Waals surface area contributed by atoms with Crippen LogP contribution in [0.1, 0.15) is 31.1 Å². The van der Waals surface area contributed by atoms with Gasteiger partial charge in [0.2, 0.25) is 0 Å². The van der Waals surface area contributed by atoms with Gasteiger partial charge in [0.15, 0.2) is 0 Å². The average Bonchev–Trinajstić information content (AvgIpc) is 2.69. The summed E-state index contributed by atoms with van der Waals surface area (Å²) in [6.45, 7) is 8.50. The lowest BCUT2D eigenvalue weighted by Gasteiger charge is -2.33. The van der Waals surface area contributed by atoms with Crippen LogP contribution in [-0.4, -0.2) is 62.6 Å². The number of methoxy groups -OCH3 is 1. The zero-order chi connectivity index (χ0) is 20.7. The number of nitrogens with zero attached hydrogens (tertiary/aromatic N) is 3. The maximum Gasteiger partial charge on any atom is 0.253 e. The second-order valence-corrected chi connectivity index (χ2v) is 7.21. The molecule has 0 radical (unpaired) electrons. The van der Waals surface area contributed by atoms with Crippen molar-refractivity contribution in [2.75, 3.05) is 45.7 Å². The van der Waals surface area contributed by atoms with Crippen LogP contribution in [0.15, 0.2) is 48.5 Å². The van der Waals surface area contributed by atoms with E-state index in [1.165, 1.54) is 0 Å². The van der Waals surface area contributed by atoms with Crippen molar-refractivity contribution in [2.24, 2.45) is 0 Å². The van der Waals surface area contributed by atoms with E-state index in [4.69, 9.17) is 4.74 Å². The van der Waals surface area contributed by atoms with Gasteiger partial charge in [-0.25, -0.2) is 0 Å². The molecule has 0 spiro atoms. The molecule has 0 aromatic heterocycles. The number of amides is 1. The summed E-state index contributed by atoms with van der Waals surface area (Å²) in [6, 6.07) is 16.2. The number of hydrogen-bond donors (Lipinski definition) is 0. The molecule has 0 aliphatic carbocycles. The van der Waals surface area contributed by atoms with E-state index in [1.807, 2.05) is 55.1 Å². The summed E-state index contributed by atoms with van der Waals surface area (Å²) in [5.74, 6) is 0.882. The minimum atomic E-state index is 0.0673. The van der Waals surface area contributed by atoms with Crippen LogP contribution in [0.25, 0.3) is 0 Å². The highest BCUT2D eigenvalue weighted by Gasteiger charge is 2.20. The second-order valence-electron chi connectivity index (χ2n) is 7.21. The minimum absolute atomic E-state index is 0.0673. The van der Waals surface area contributed by atoms with Crippen molar-refractivity contribution in [3.8, 4) is 5.75 Å². The topological polar surface area (TPSA) is 36.0 Å². The van der Waals surface area contributed by atoms with Crippen LogP contribution in [0.5, 0.6) is 5.75 Å². The number of hydrogen-bond acceptors (Lipinski definition) is 4. The number of ether oxygens (including phenoxy) is 1. The number of carbonyl (C=O) groups excluding carboxylic acids is 1. The van der Waals surface area contributed by atoms with Gasteiger partial charge in [0, 0.05) is 48.7 Å². The molecular weight excluding hydrogens is 350 g/mol. The molecule has 0 saturated heterocycles. The maximum absolute atomic E-state index is 12.8. The molecule has 0 N–H and O–H groups in total. The van der Waals surface area contributed by atoms with Crippen molar-refractivity contribution < 1.29 is 9.53 Å². The fraction of sp³-hybridized carbons (Fsp3) is 0.435. The highest BCUT2D eigenvalue weighted by atomic mass is 16.5. The van der Waals surface area contributed by atoms with Crippen LogP contribution < -0.4 is 9.64 Å². The molecule has 1 amide bonds. The Bertz CT molecular complexity index is 772. The largest absolute Gasteiger partial charge is 0.497 e. The van der Waals surface area contributed by atoms with Gasteiger partial charge in [-0.15, -0.1) is 0 Å². The van der Waals surface area contributed by atoms with Gasteiger partial charge in [-0.3, -0.25) is 4.79 Å². The number of anilines is 2. The van der Waals surface area contributed by atoms with E-state index in [9.17, 15) is 4.79 Å². The lowest BCUT2D eigenvalue weighted by atomic mass is 10.1. The molecule has 0 fully saturated rings. The molecule has 1 atom stereocenters. The molecule has 5 nitrogen and oxygen atoms in total. The third-order valence-electron chi connectivity index (χ3n) is 4.82. The first-order valence-corrected chi connectivity index (χ1v) is 9.88. The van der Waals surface area contributed by atoms with Crippen LogP contribution in [0, 0.1) is 0 Å². The second kappa shape index (κ2) is 10.1. The van der Waals surface area contributed by atoms with Gasteiger partial charge in [0.1, 0.15) is 5.75 Å².